The second kappa shape index (κ2) is 3.49. The topological polar surface area (TPSA) is 34.1 Å². The molecule has 0 N–H and O–H groups in total. The molecule has 0 saturated carbocycles. The maximum Gasteiger partial charge on any atom is 0.133 e. The zero-order valence-electron chi connectivity index (χ0n) is 6.97. The number of carbonyl (C=O) groups is 2. The maximum atomic E-state index is 10.7. The van der Waals surface area contributed by atoms with Gasteiger partial charge in [0, 0.05) is 11.8 Å². The summed E-state index contributed by atoms with van der Waals surface area (Å²) >= 11 is 0. The summed E-state index contributed by atoms with van der Waals surface area (Å²) in [5.74, 6) is -0.0830. The van der Waals surface area contributed by atoms with Crippen LogP contribution in [0.15, 0.2) is 0 Å². The zero-order valence-corrected chi connectivity index (χ0v) is 6.97. The van der Waals surface area contributed by atoms with Gasteiger partial charge in [0.05, 0.1) is 0 Å². The predicted octanol–water partition coefficient (Wildman–Crippen LogP) is 1.44. The molecule has 2 atom stereocenters. The van der Waals surface area contributed by atoms with Crippen molar-refractivity contribution >= 4 is 11.6 Å². The fourth-order valence-corrected chi connectivity index (χ4v) is 0.704. The summed E-state index contributed by atoms with van der Waals surface area (Å²) in [6.07, 6.45) is 0. The van der Waals surface area contributed by atoms with Crippen LogP contribution in [0.2, 0.25) is 0 Å². The third-order valence-electron chi connectivity index (χ3n) is 2.03. The van der Waals surface area contributed by atoms with Gasteiger partial charge in [0.2, 0.25) is 0 Å². The number of rotatable bonds is 3. The monoisotopic (exact) mass is 142 g/mol. The predicted molar refractivity (Wildman–Crippen MR) is 39.7 cm³/mol. The highest BCUT2D eigenvalue weighted by atomic mass is 16.1. The van der Waals surface area contributed by atoms with Crippen LogP contribution in [0.5, 0.6) is 0 Å². The van der Waals surface area contributed by atoms with Gasteiger partial charge < -0.3 is 0 Å². The highest BCUT2D eigenvalue weighted by molar-refractivity contribution is 5.86. The van der Waals surface area contributed by atoms with Gasteiger partial charge in [-0.05, 0) is 13.8 Å². The van der Waals surface area contributed by atoms with Gasteiger partial charge in [-0.2, -0.15) is 0 Å². The summed E-state index contributed by atoms with van der Waals surface area (Å²) in [6, 6.07) is 0. The standard InChI is InChI=1S/C8H14O2/c1-5(7(3)9)6(2)8(4)10/h5-6H,1-4H3/t5-,6+. The van der Waals surface area contributed by atoms with Crippen molar-refractivity contribution in [2.45, 2.75) is 27.7 Å². The normalized spacial score (nSPS) is 16.0. The average Bonchev–Trinajstić information content (AvgIpc) is 1.84. The molecule has 0 aromatic heterocycles. The molecule has 58 valence electrons. The molecule has 0 saturated heterocycles. The molecule has 0 spiro atoms. The lowest BCUT2D eigenvalue weighted by Gasteiger charge is -2.12. The Morgan fingerprint density at radius 2 is 1.10 bits per heavy atom. The minimum atomic E-state index is -0.127. The molecule has 0 aromatic rings. The SMILES string of the molecule is CC(=O)[C@@H](C)[C@@H](C)C(C)=O. The van der Waals surface area contributed by atoms with Gasteiger partial charge in [0.15, 0.2) is 0 Å². The van der Waals surface area contributed by atoms with Crippen LogP contribution in [-0.2, 0) is 9.59 Å². The van der Waals surface area contributed by atoms with E-state index in [1.165, 1.54) is 13.8 Å². The van der Waals surface area contributed by atoms with E-state index >= 15 is 0 Å². The van der Waals surface area contributed by atoms with E-state index in [0.717, 1.165) is 0 Å². The van der Waals surface area contributed by atoms with E-state index in [0.29, 0.717) is 0 Å². The smallest absolute Gasteiger partial charge is 0.133 e. The number of ketones is 2. The Balaban J connectivity index is 4.07. The van der Waals surface area contributed by atoms with Crippen molar-refractivity contribution in [3.63, 3.8) is 0 Å². The van der Waals surface area contributed by atoms with Gasteiger partial charge >= 0.3 is 0 Å². The molecule has 0 bridgehead atoms. The Morgan fingerprint density at radius 3 is 1.20 bits per heavy atom. The molecular weight excluding hydrogens is 128 g/mol. The van der Waals surface area contributed by atoms with Gasteiger partial charge in [-0.15, -0.1) is 0 Å². The Bertz CT molecular complexity index is 131. The molecule has 2 nitrogen and oxygen atoms in total. The second-order valence-electron chi connectivity index (χ2n) is 2.80. The van der Waals surface area contributed by atoms with E-state index < -0.39 is 0 Å². The first-order valence-corrected chi connectivity index (χ1v) is 3.47. The number of carbonyl (C=O) groups excluding carboxylic acids is 2. The molecule has 0 aliphatic carbocycles. The second-order valence-corrected chi connectivity index (χ2v) is 2.80. The van der Waals surface area contributed by atoms with E-state index in [4.69, 9.17) is 0 Å². The van der Waals surface area contributed by atoms with Crippen molar-refractivity contribution in [1.29, 1.82) is 0 Å². The lowest BCUT2D eigenvalue weighted by atomic mass is 9.90. The summed E-state index contributed by atoms with van der Waals surface area (Å²) in [4.78, 5) is 21.5. The summed E-state index contributed by atoms with van der Waals surface area (Å²) < 4.78 is 0. The van der Waals surface area contributed by atoms with E-state index in [2.05, 4.69) is 0 Å². The van der Waals surface area contributed by atoms with Crippen molar-refractivity contribution in [3.05, 3.63) is 0 Å². The van der Waals surface area contributed by atoms with Crippen LogP contribution < -0.4 is 0 Å². The Kier molecular flexibility index (Phi) is 3.26. The Morgan fingerprint density at radius 1 is 0.900 bits per heavy atom. The fourth-order valence-electron chi connectivity index (χ4n) is 0.704. The lowest BCUT2D eigenvalue weighted by Crippen LogP contribution is -2.21. The highest BCUT2D eigenvalue weighted by Crippen LogP contribution is 2.12. The third kappa shape index (κ3) is 2.29. The van der Waals surface area contributed by atoms with Crippen LogP contribution >= 0.6 is 0 Å². The first kappa shape index (κ1) is 9.34. The molecule has 0 unspecified atom stereocenters. The molecule has 0 aliphatic rings. The van der Waals surface area contributed by atoms with Gasteiger partial charge in [-0.1, -0.05) is 13.8 Å². The van der Waals surface area contributed by atoms with Crippen molar-refractivity contribution in [2.75, 3.05) is 0 Å². The summed E-state index contributed by atoms with van der Waals surface area (Å²) in [5.41, 5.74) is 0. The largest absolute Gasteiger partial charge is 0.300 e. The third-order valence-corrected chi connectivity index (χ3v) is 2.03. The summed E-state index contributed by atoms with van der Waals surface area (Å²) in [6.45, 7) is 6.61. The number of hydrogen-bond acceptors (Lipinski definition) is 2. The molecule has 0 rings (SSSR count). The van der Waals surface area contributed by atoms with Gasteiger partial charge in [0.25, 0.3) is 0 Å². The maximum absolute atomic E-state index is 10.7. The molecule has 0 amide bonds. The Labute approximate surface area is 61.6 Å². The van der Waals surface area contributed by atoms with Crippen LogP contribution in [0.3, 0.4) is 0 Å². The van der Waals surface area contributed by atoms with Crippen LogP contribution in [-0.4, -0.2) is 11.6 Å². The molecule has 0 heterocycles. The van der Waals surface area contributed by atoms with Crippen LogP contribution in [0.4, 0.5) is 0 Å². The first-order chi connectivity index (χ1) is 4.46. The minimum absolute atomic E-state index is 0.0858. The molecule has 10 heavy (non-hydrogen) atoms. The molecule has 0 fully saturated rings. The van der Waals surface area contributed by atoms with Crippen molar-refractivity contribution in [1.82, 2.24) is 0 Å². The summed E-state index contributed by atoms with van der Waals surface area (Å²) in [7, 11) is 0. The van der Waals surface area contributed by atoms with Crippen LogP contribution in [0.25, 0.3) is 0 Å². The first-order valence-electron chi connectivity index (χ1n) is 3.47. The summed E-state index contributed by atoms with van der Waals surface area (Å²) in [5, 5.41) is 0. The highest BCUT2D eigenvalue weighted by Gasteiger charge is 2.19. The molecule has 0 aromatic carbocycles. The fraction of sp³-hybridized carbons (Fsp3) is 0.750. The van der Waals surface area contributed by atoms with Crippen molar-refractivity contribution in [3.8, 4) is 0 Å². The average molecular weight is 142 g/mol. The molecule has 0 radical (unpaired) electrons. The molecular formula is C8H14O2. The Hall–Kier alpha value is -0.660. The van der Waals surface area contributed by atoms with Gasteiger partial charge in [-0.3, -0.25) is 9.59 Å². The quantitative estimate of drug-likeness (QED) is 0.597. The van der Waals surface area contributed by atoms with Gasteiger partial charge in [0.1, 0.15) is 11.6 Å². The molecule has 0 aliphatic heterocycles. The van der Waals surface area contributed by atoms with Crippen molar-refractivity contribution < 1.29 is 9.59 Å². The van der Waals surface area contributed by atoms with Crippen molar-refractivity contribution in [2.24, 2.45) is 11.8 Å². The number of hydrogen-bond donors (Lipinski definition) is 0. The lowest BCUT2D eigenvalue weighted by molar-refractivity contribution is -0.128. The molecule has 2 heteroatoms. The van der Waals surface area contributed by atoms with E-state index in [9.17, 15) is 9.59 Å². The zero-order chi connectivity index (χ0) is 8.31. The minimum Gasteiger partial charge on any atom is -0.300 e. The van der Waals surface area contributed by atoms with E-state index in [1.54, 1.807) is 13.8 Å². The van der Waals surface area contributed by atoms with Gasteiger partial charge in [-0.25, -0.2) is 0 Å². The number of Topliss-reactive ketones (excluding diaryl/α,β-unsaturated/α-hetero) is 2. The van der Waals surface area contributed by atoms with Crippen LogP contribution in [0, 0.1) is 11.8 Å². The van der Waals surface area contributed by atoms with E-state index in [-0.39, 0.29) is 23.4 Å². The van der Waals surface area contributed by atoms with Crippen LogP contribution in [0.1, 0.15) is 27.7 Å². The van der Waals surface area contributed by atoms with E-state index in [1.807, 2.05) is 0 Å².